The van der Waals surface area contributed by atoms with Crippen LogP contribution in [0.3, 0.4) is 0 Å². The van der Waals surface area contributed by atoms with E-state index in [2.05, 4.69) is 18.2 Å². The van der Waals surface area contributed by atoms with Crippen LogP contribution in [0.5, 0.6) is 0 Å². The van der Waals surface area contributed by atoms with Crippen LogP contribution in [0.2, 0.25) is 0 Å². The maximum Gasteiger partial charge on any atom is 0.247 e. The number of carbonyl (C=O) groups excluding carboxylic acids is 1. The Labute approximate surface area is 132 Å². The minimum absolute atomic E-state index is 0. The summed E-state index contributed by atoms with van der Waals surface area (Å²) in [6.45, 7) is 0.851. The number of nitrogens with zero attached hydrogens (tertiary/aromatic N) is 1. The Morgan fingerprint density at radius 1 is 1.05 bits per heavy atom. The lowest BCUT2D eigenvalue weighted by molar-refractivity contribution is -0.124. The number of para-hydroxylation sites is 1. The Kier molecular flexibility index (Phi) is 3.53. The van der Waals surface area contributed by atoms with Crippen molar-refractivity contribution in [1.82, 2.24) is 0 Å². The van der Waals surface area contributed by atoms with Crippen LogP contribution in [0.4, 0.5) is 5.69 Å². The van der Waals surface area contributed by atoms with Crippen molar-refractivity contribution in [1.29, 1.82) is 0 Å². The summed E-state index contributed by atoms with van der Waals surface area (Å²) in [5.74, 6) is 0.161. The van der Waals surface area contributed by atoms with Gasteiger partial charge in [-0.3, -0.25) is 4.79 Å². The smallest absolute Gasteiger partial charge is 0.247 e. The second-order valence-corrected chi connectivity index (χ2v) is 6.91. The highest BCUT2D eigenvalue weighted by Crippen LogP contribution is 2.56. The number of benzene rings is 1. The van der Waals surface area contributed by atoms with Crippen molar-refractivity contribution in [2.75, 3.05) is 11.4 Å². The number of nitrogens with two attached hydrogens (primary N) is 1. The number of anilines is 1. The largest absolute Gasteiger partial charge is 0.317 e. The molecule has 2 saturated carbocycles. The maximum absolute atomic E-state index is 13.0. The minimum Gasteiger partial charge on any atom is -0.317 e. The van der Waals surface area contributed by atoms with E-state index in [0.29, 0.717) is 0 Å². The Morgan fingerprint density at radius 2 is 1.71 bits per heavy atom. The zero-order valence-electron chi connectivity index (χ0n) is 12.3. The van der Waals surface area contributed by atoms with Gasteiger partial charge < -0.3 is 10.6 Å². The van der Waals surface area contributed by atoms with Crippen molar-refractivity contribution in [3.8, 4) is 0 Å². The van der Waals surface area contributed by atoms with E-state index < -0.39 is 5.54 Å². The number of halogens is 1. The number of hydrogen-bond donors (Lipinski definition) is 1. The zero-order chi connectivity index (χ0) is 13.8. The molecule has 114 valence electrons. The summed E-state index contributed by atoms with van der Waals surface area (Å²) in [6.07, 6.45) is 7.50. The molecule has 3 nitrogen and oxygen atoms in total. The quantitative estimate of drug-likeness (QED) is 0.866. The summed E-state index contributed by atoms with van der Waals surface area (Å²) in [6, 6.07) is 8.41. The number of carbonyl (C=O) groups is 1. The molecule has 1 aromatic rings. The molecule has 1 heterocycles. The van der Waals surface area contributed by atoms with Crippen molar-refractivity contribution < 1.29 is 4.79 Å². The molecule has 0 bridgehead atoms. The van der Waals surface area contributed by atoms with E-state index in [-0.39, 0.29) is 23.7 Å². The van der Waals surface area contributed by atoms with Crippen molar-refractivity contribution in [2.24, 2.45) is 5.73 Å². The van der Waals surface area contributed by atoms with Gasteiger partial charge in [0.15, 0.2) is 0 Å². The molecule has 3 aliphatic rings. The first kappa shape index (κ1) is 14.9. The topological polar surface area (TPSA) is 46.3 Å². The minimum atomic E-state index is -0.619. The van der Waals surface area contributed by atoms with Crippen LogP contribution in [-0.2, 0) is 10.2 Å². The van der Waals surface area contributed by atoms with E-state index in [1.165, 1.54) is 24.8 Å². The lowest BCUT2D eigenvalue weighted by atomic mass is 9.81. The summed E-state index contributed by atoms with van der Waals surface area (Å²) in [5.41, 5.74) is 8.58. The van der Waals surface area contributed by atoms with Gasteiger partial charge in [-0.25, -0.2) is 0 Å². The average Bonchev–Trinajstić information content (AvgIpc) is 3.18. The molecule has 2 aliphatic carbocycles. The molecule has 0 aromatic heterocycles. The molecule has 21 heavy (non-hydrogen) atoms. The molecule has 1 amide bonds. The first-order valence-electron chi connectivity index (χ1n) is 7.85. The molecule has 1 aromatic carbocycles. The Bertz CT molecular complexity index is 562. The summed E-state index contributed by atoms with van der Waals surface area (Å²) < 4.78 is 0. The van der Waals surface area contributed by atoms with Gasteiger partial charge in [0.1, 0.15) is 0 Å². The van der Waals surface area contributed by atoms with Crippen molar-refractivity contribution >= 4 is 24.0 Å². The fraction of sp³-hybridized carbons (Fsp3) is 0.588. The Hall–Kier alpha value is -1.06. The van der Waals surface area contributed by atoms with E-state index in [1.807, 2.05) is 11.0 Å². The molecule has 0 atom stereocenters. The van der Waals surface area contributed by atoms with Crippen LogP contribution >= 0.6 is 12.4 Å². The van der Waals surface area contributed by atoms with Gasteiger partial charge in [0.2, 0.25) is 5.91 Å². The lowest BCUT2D eigenvalue weighted by Crippen LogP contribution is -2.56. The van der Waals surface area contributed by atoms with Crippen LogP contribution in [0.15, 0.2) is 24.3 Å². The highest BCUT2D eigenvalue weighted by atomic mass is 35.5. The van der Waals surface area contributed by atoms with Crippen LogP contribution < -0.4 is 10.6 Å². The van der Waals surface area contributed by atoms with Crippen LogP contribution in [0.1, 0.15) is 50.5 Å². The third-order valence-corrected chi connectivity index (χ3v) is 5.50. The molecule has 1 aliphatic heterocycles. The Morgan fingerprint density at radius 3 is 2.38 bits per heavy atom. The van der Waals surface area contributed by atoms with E-state index in [4.69, 9.17) is 5.73 Å². The molecule has 0 saturated heterocycles. The van der Waals surface area contributed by atoms with Crippen LogP contribution in [-0.4, -0.2) is 18.0 Å². The van der Waals surface area contributed by atoms with Gasteiger partial charge in [-0.05, 0) is 37.3 Å². The first-order chi connectivity index (χ1) is 9.65. The highest BCUT2D eigenvalue weighted by Gasteiger charge is 2.54. The lowest BCUT2D eigenvalue weighted by Gasteiger charge is -2.35. The summed E-state index contributed by atoms with van der Waals surface area (Å²) in [4.78, 5) is 15.0. The third-order valence-electron chi connectivity index (χ3n) is 5.50. The zero-order valence-corrected chi connectivity index (χ0v) is 13.1. The van der Waals surface area contributed by atoms with E-state index >= 15 is 0 Å². The molecular formula is C17H23ClN2O. The molecule has 0 radical (unpaired) electrons. The van der Waals surface area contributed by atoms with E-state index in [9.17, 15) is 4.79 Å². The number of rotatable bonds is 1. The van der Waals surface area contributed by atoms with Gasteiger partial charge >= 0.3 is 0 Å². The molecule has 2 fully saturated rings. The number of fused-ring (bicyclic) bond motifs is 2. The highest BCUT2D eigenvalue weighted by molar-refractivity contribution is 6.02. The van der Waals surface area contributed by atoms with Crippen molar-refractivity contribution in [2.45, 2.75) is 55.9 Å². The fourth-order valence-electron chi connectivity index (χ4n) is 4.06. The SMILES string of the molecule is Cl.NC1(C(=O)N2CC3(CC3)c3ccccc32)CCCCC1. The van der Waals surface area contributed by atoms with E-state index in [1.54, 1.807) is 0 Å². The Balaban J connectivity index is 0.00000132. The van der Waals surface area contributed by atoms with Gasteiger partial charge in [-0.2, -0.15) is 0 Å². The second-order valence-electron chi connectivity index (χ2n) is 6.91. The van der Waals surface area contributed by atoms with Crippen LogP contribution in [0.25, 0.3) is 0 Å². The van der Waals surface area contributed by atoms with Gasteiger partial charge in [0.05, 0.1) is 5.54 Å². The maximum atomic E-state index is 13.0. The van der Waals surface area contributed by atoms with E-state index in [0.717, 1.165) is 37.9 Å². The van der Waals surface area contributed by atoms with Crippen LogP contribution in [0, 0.1) is 0 Å². The molecule has 0 unspecified atom stereocenters. The van der Waals surface area contributed by atoms with Crippen molar-refractivity contribution in [3.05, 3.63) is 29.8 Å². The second kappa shape index (κ2) is 4.99. The third kappa shape index (κ3) is 2.18. The normalized spacial score (nSPS) is 24.3. The molecule has 4 heteroatoms. The van der Waals surface area contributed by atoms with Gasteiger partial charge in [0.25, 0.3) is 0 Å². The monoisotopic (exact) mass is 306 g/mol. The van der Waals surface area contributed by atoms with Gasteiger partial charge in [-0.1, -0.05) is 37.5 Å². The predicted molar refractivity (Wildman–Crippen MR) is 87.0 cm³/mol. The number of amides is 1. The summed E-state index contributed by atoms with van der Waals surface area (Å²) >= 11 is 0. The summed E-state index contributed by atoms with van der Waals surface area (Å²) in [7, 11) is 0. The number of hydrogen-bond acceptors (Lipinski definition) is 2. The summed E-state index contributed by atoms with van der Waals surface area (Å²) in [5, 5.41) is 0. The molecule has 4 rings (SSSR count). The first-order valence-corrected chi connectivity index (χ1v) is 7.85. The predicted octanol–water partition coefficient (Wildman–Crippen LogP) is 3.15. The van der Waals surface area contributed by atoms with Gasteiger partial charge in [-0.15, -0.1) is 12.4 Å². The molecule has 2 N–H and O–H groups in total. The van der Waals surface area contributed by atoms with Gasteiger partial charge in [0, 0.05) is 17.6 Å². The molecular weight excluding hydrogens is 284 g/mol. The fourth-order valence-corrected chi connectivity index (χ4v) is 4.06. The molecule has 1 spiro atoms. The van der Waals surface area contributed by atoms with Crippen molar-refractivity contribution in [3.63, 3.8) is 0 Å². The average molecular weight is 307 g/mol. The standard InChI is InChI=1S/C17H22N2O.ClH/c18-17(8-4-1-5-9-17)15(20)19-12-16(10-11-16)13-6-2-3-7-14(13)19;/h2-3,6-7H,1,4-5,8-12,18H2;1H.